The third kappa shape index (κ3) is 2.55. The van der Waals surface area contributed by atoms with Crippen LogP contribution in [-0.2, 0) is 4.79 Å². The number of carbonyl (C=O) groups is 1. The largest absolute Gasteiger partial charge is 0.480 e. The molecule has 110 valence electrons. The lowest BCUT2D eigenvalue weighted by molar-refractivity contribution is -0.144. The van der Waals surface area contributed by atoms with Crippen molar-refractivity contribution < 1.29 is 9.90 Å². The third-order valence-electron chi connectivity index (χ3n) is 4.33. The molecule has 1 aliphatic rings. The average Bonchev–Trinajstić information content (AvgIpc) is 2.47. The molecule has 2 atom stereocenters. The molecule has 2 N–H and O–H groups in total. The first-order chi connectivity index (χ1) is 10.1. The highest BCUT2D eigenvalue weighted by molar-refractivity contribution is 5.93. The number of nitrogens with zero attached hydrogens (tertiary/aromatic N) is 2. The van der Waals surface area contributed by atoms with Gasteiger partial charge in [-0.2, -0.15) is 10.2 Å². The predicted molar refractivity (Wildman–Crippen MR) is 81.2 cm³/mol. The van der Waals surface area contributed by atoms with Gasteiger partial charge in [0.15, 0.2) is 0 Å². The van der Waals surface area contributed by atoms with E-state index in [0.29, 0.717) is 18.8 Å². The average molecular weight is 285 g/mol. The molecule has 0 saturated heterocycles. The Morgan fingerprint density at radius 1 is 1.43 bits per heavy atom. The predicted octanol–water partition coefficient (Wildman–Crippen LogP) is 3.08. The normalized spacial score (nSPS) is 25.7. The number of anilines is 1. The maximum absolute atomic E-state index is 11.9. The number of hydrogen-bond donors (Lipinski definition) is 2. The van der Waals surface area contributed by atoms with E-state index < -0.39 is 11.5 Å². The van der Waals surface area contributed by atoms with Crippen LogP contribution in [0.1, 0.15) is 32.6 Å². The smallest absolute Gasteiger partial charge is 0.329 e. The van der Waals surface area contributed by atoms with E-state index in [2.05, 4.69) is 22.4 Å². The minimum Gasteiger partial charge on any atom is -0.480 e. The van der Waals surface area contributed by atoms with E-state index in [9.17, 15) is 9.90 Å². The summed E-state index contributed by atoms with van der Waals surface area (Å²) in [6.07, 6.45) is 4.91. The van der Waals surface area contributed by atoms with Gasteiger partial charge in [0, 0.05) is 5.39 Å². The second-order valence-corrected chi connectivity index (χ2v) is 5.99. The van der Waals surface area contributed by atoms with Gasteiger partial charge in [-0.3, -0.25) is 0 Å². The van der Waals surface area contributed by atoms with Crippen molar-refractivity contribution in [1.29, 1.82) is 0 Å². The van der Waals surface area contributed by atoms with Crippen LogP contribution in [0.25, 0.3) is 10.9 Å². The molecule has 2 aromatic rings. The van der Waals surface area contributed by atoms with E-state index in [-0.39, 0.29) is 0 Å². The Morgan fingerprint density at radius 2 is 2.24 bits per heavy atom. The molecule has 1 saturated carbocycles. The SMILES string of the molecule is CC1CCCC(Nc2cnnc3ccccc23)(C(=O)O)C1. The van der Waals surface area contributed by atoms with Crippen molar-refractivity contribution in [2.45, 2.75) is 38.1 Å². The third-order valence-corrected chi connectivity index (χ3v) is 4.33. The summed E-state index contributed by atoms with van der Waals surface area (Å²) in [5, 5.41) is 22.0. The highest BCUT2D eigenvalue weighted by Crippen LogP contribution is 2.36. The molecule has 3 rings (SSSR count). The first kappa shape index (κ1) is 13.8. The van der Waals surface area contributed by atoms with E-state index in [0.717, 1.165) is 29.4 Å². The number of benzene rings is 1. The van der Waals surface area contributed by atoms with E-state index in [1.165, 1.54) is 0 Å². The van der Waals surface area contributed by atoms with Gasteiger partial charge in [-0.25, -0.2) is 4.79 Å². The topological polar surface area (TPSA) is 75.1 Å². The molecule has 2 unspecified atom stereocenters. The number of aliphatic carboxylic acids is 1. The summed E-state index contributed by atoms with van der Waals surface area (Å²) in [5.74, 6) is -0.377. The van der Waals surface area contributed by atoms with Gasteiger partial charge in [-0.1, -0.05) is 38.0 Å². The molecular formula is C16H19N3O2. The van der Waals surface area contributed by atoms with Crippen molar-refractivity contribution >= 4 is 22.6 Å². The van der Waals surface area contributed by atoms with Crippen molar-refractivity contribution in [1.82, 2.24) is 10.2 Å². The molecular weight excluding hydrogens is 266 g/mol. The van der Waals surface area contributed by atoms with Crippen LogP contribution in [0.4, 0.5) is 5.69 Å². The van der Waals surface area contributed by atoms with Crippen molar-refractivity contribution in [2.24, 2.45) is 5.92 Å². The minimum absolute atomic E-state index is 0.406. The molecule has 0 amide bonds. The maximum atomic E-state index is 11.9. The van der Waals surface area contributed by atoms with E-state index >= 15 is 0 Å². The number of nitrogens with one attached hydrogen (secondary N) is 1. The van der Waals surface area contributed by atoms with Crippen LogP contribution in [0.5, 0.6) is 0 Å². The summed E-state index contributed by atoms with van der Waals surface area (Å²) in [7, 11) is 0. The Bertz CT molecular complexity index is 668. The van der Waals surface area contributed by atoms with Gasteiger partial charge in [-0.15, -0.1) is 0 Å². The Balaban J connectivity index is 2.00. The fourth-order valence-electron chi connectivity index (χ4n) is 3.28. The van der Waals surface area contributed by atoms with Gasteiger partial charge in [0.25, 0.3) is 0 Å². The van der Waals surface area contributed by atoms with Crippen molar-refractivity contribution in [3.8, 4) is 0 Å². The Morgan fingerprint density at radius 3 is 3.00 bits per heavy atom. The van der Waals surface area contributed by atoms with Crippen LogP contribution in [0, 0.1) is 5.92 Å². The zero-order chi connectivity index (χ0) is 14.9. The van der Waals surface area contributed by atoms with Gasteiger partial charge in [0.05, 0.1) is 17.4 Å². The summed E-state index contributed by atoms with van der Waals surface area (Å²) in [6.45, 7) is 2.11. The number of carboxylic acids is 1. The van der Waals surface area contributed by atoms with Crippen molar-refractivity contribution in [3.05, 3.63) is 30.5 Å². The fourth-order valence-corrected chi connectivity index (χ4v) is 3.28. The van der Waals surface area contributed by atoms with Crippen molar-refractivity contribution in [2.75, 3.05) is 5.32 Å². The quantitative estimate of drug-likeness (QED) is 0.906. The lowest BCUT2D eigenvalue weighted by Crippen LogP contribution is -2.49. The summed E-state index contributed by atoms with van der Waals surface area (Å²) < 4.78 is 0. The van der Waals surface area contributed by atoms with Crippen LogP contribution in [0.3, 0.4) is 0 Å². The van der Waals surface area contributed by atoms with E-state index in [1.54, 1.807) is 6.20 Å². The van der Waals surface area contributed by atoms with Gasteiger partial charge < -0.3 is 10.4 Å². The maximum Gasteiger partial charge on any atom is 0.329 e. The summed E-state index contributed by atoms with van der Waals surface area (Å²) >= 11 is 0. The summed E-state index contributed by atoms with van der Waals surface area (Å²) in [4.78, 5) is 11.9. The summed E-state index contributed by atoms with van der Waals surface area (Å²) in [6, 6.07) is 7.64. The van der Waals surface area contributed by atoms with Crippen LogP contribution >= 0.6 is 0 Å². The van der Waals surface area contributed by atoms with Gasteiger partial charge in [0.2, 0.25) is 0 Å². The molecule has 0 spiro atoms. The second kappa shape index (κ2) is 5.31. The standard InChI is InChI=1S/C16H19N3O2/c1-11-5-4-8-16(9-11,15(20)21)18-14-10-17-19-13-7-3-2-6-12(13)14/h2-3,6-7,10-11H,4-5,8-9H2,1H3,(H,18,19)(H,20,21). The number of aromatic nitrogens is 2. The minimum atomic E-state index is -0.899. The van der Waals surface area contributed by atoms with Gasteiger partial charge >= 0.3 is 5.97 Å². The molecule has 5 nitrogen and oxygen atoms in total. The zero-order valence-corrected chi connectivity index (χ0v) is 12.0. The van der Waals surface area contributed by atoms with Crippen LogP contribution in [0.2, 0.25) is 0 Å². The molecule has 0 bridgehead atoms. The number of carboxylic acid groups (broad SMARTS) is 1. The monoisotopic (exact) mass is 285 g/mol. The van der Waals surface area contributed by atoms with Crippen LogP contribution in [-0.4, -0.2) is 26.8 Å². The molecule has 1 heterocycles. The lowest BCUT2D eigenvalue weighted by Gasteiger charge is -2.38. The van der Waals surface area contributed by atoms with Crippen LogP contribution < -0.4 is 5.32 Å². The molecule has 21 heavy (non-hydrogen) atoms. The molecule has 0 aliphatic heterocycles. The van der Waals surface area contributed by atoms with Gasteiger partial charge in [0.1, 0.15) is 5.54 Å². The molecule has 1 aliphatic carbocycles. The number of hydrogen-bond acceptors (Lipinski definition) is 4. The Kier molecular flexibility index (Phi) is 3.49. The van der Waals surface area contributed by atoms with Gasteiger partial charge in [-0.05, 0) is 24.8 Å². The number of rotatable bonds is 3. The number of fused-ring (bicyclic) bond motifs is 1. The van der Waals surface area contributed by atoms with E-state index in [4.69, 9.17) is 0 Å². The first-order valence-corrected chi connectivity index (χ1v) is 7.33. The second-order valence-electron chi connectivity index (χ2n) is 5.99. The zero-order valence-electron chi connectivity index (χ0n) is 12.0. The lowest BCUT2D eigenvalue weighted by atomic mass is 9.76. The Labute approximate surface area is 123 Å². The Hall–Kier alpha value is -2.17. The van der Waals surface area contributed by atoms with E-state index in [1.807, 2.05) is 24.3 Å². The highest BCUT2D eigenvalue weighted by Gasteiger charge is 2.42. The molecule has 1 fully saturated rings. The molecule has 1 aromatic heterocycles. The fraction of sp³-hybridized carbons (Fsp3) is 0.438. The summed E-state index contributed by atoms with van der Waals surface area (Å²) in [5.41, 5.74) is 0.618. The van der Waals surface area contributed by atoms with Crippen LogP contribution in [0.15, 0.2) is 30.5 Å². The first-order valence-electron chi connectivity index (χ1n) is 7.33. The van der Waals surface area contributed by atoms with Crippen molar-refractivity contribution in [3.63, 3.8) is 0 Å². The molecule has 1 aromatic carbocycles. The highest BCUT2D eigenvalue weighted by atomic mass is 16.4. The molecule has 0 radical (unpaired) electrons. The molecule has 5 heteroatoms.